The number of carbonyl (C=O) groups excluding carboxylic acids is 2. The second-order valence-electron chi connectivity index (χ2n) is 7.99. The van der Waals surface area contributed by atoms with Gasteiger partial charge in [0.2, 0.25) is 0 Å². The molecule has 0 bridgehead atoms. The number of ketones is 1. The van der Waals surface area contributed by atoms with Gasteiger partial charge >= 0.3 is 0 Å². The summed E-state index contributed by atoms with van der Waals surface area (Å²) in [5.74, 6) is -0.592. The zero-order valence-electron chi connectivity index (χ0n) is 17.8. The van der Waals surface area contributed by atoms with Crippen LogP contribution in [0.1, 0.15) is 51.2 Å². The van der Waals surface area contributed by atoms with Gasteiger partial charge in [0.25, 0.3) is 0 Å². The molecule has 30 heavy (non-hydrogen) atoms. The third-order valence-corrected chi connectivity index (χ3v) is 5.31. The lowest BCUT2D eigenvalue weighted by Crippen LogP contribution is -2.37. The zero-order valence-corrected chi connectivity index (χ0v) is 17.8. The highest BCUT2D eigenvalue weighted by molar-refractivity contribution is 6.03. The van der Waals surface area contributed by atoms with Crippen molar-refractivity contribution in [1.29, 1.82) is 5.26 Å². The van der Waals surface area contributed by atoms with Crippen LogP contribution in [-0.2, 0) is 19.1 Å². The predicted octanol–water partition coefficient (Wildman–Crippen LogP) is 4.69. The molecule has 1 aromatic rings. The van der Waals surface area contributed by atoms with Crippen molar-refractivity contribution in [3.63, 3.8) is 0 Å². The number of allylic oxidation sites excluding steroid dienone is 2. The van der Waals surface area contributed by atoms with E-state index < -0.39 is 11.3 Å². The standard InChI is InChI=1S/C23H26N2O5/c1-14(2)30-20-9-7-16(11-21(20)29-5)23(3,4)22(27)18(13-26)17-8-6-15(12-24)10-19(17)25-28/h6,8-11,13-14,16,18H,7H2,1-5H3. The van der Waals surface area contributed by atoms with Crippen LogP contribution >= 0.6 is 0 Å². The normalized spacial score (nSPS) is 17.3. The van der Waals surface area contributed by atoms with E-state index in [1.54, 1.807) is 13.8 Å². The Balaban J connectivity index is 2.38. The summed E-state index contributed by atoms with van der Waals surface area (Å²) in [6.45, 7) is 7.36. The van der Waals surface area contributed by atoms with E-state index in [0.29, 0.717) is 24.2 Å². The van der Waals surface area contributed by atoms with Crippen molar-refractivity contribution in [3.05, 3.63) is 57.9 Å². The lowest BCUT2D eigenvalue weighted by Gasteiger charge is -2.35. The smallest absolute Gasteiger partial charge is 0.157 e. The van der Waals surface area contributed by atoms with Crippen molar-refractivity contribution in [2.24, 2.45) is 16.5 Å². The molecule has 0 radical (unpaired) electrons. The maximum atomic E-state index is 13.4. The average Bonchev–Trinajstić information content (AvgIpc) is 2.73. The molecular formula is C23H26N2O5. The Morgan fingerprint density at radius 1 is 1.33 bits per heavy atom. The number of nitrogens with zero attached hydrogens (tertiary/aromatic N) is 2. The fourth-order valence-corrected chi connectivity index (χ4v) is 3.51. The Hall–Kier alpha value is -3.27. The summed E-state index contributed by atoms with van der Waals surface area (Å²) in [4.78, 5) is 36.6. The summed E-state index contributed by atoms with van der Waals surface area (Å²) in [5, 5.41) is 11.9. The molecule has 2 rings (SSSR count). The molecule has 2 unspecified atom stereocenters. The lowest BCUT2D eigenvalue weighted by molar-refractivity contribution is -0.132. The topological polar surface area (TPSA) is 106 Å². The molecule has 0 spiro atoms. The van der Waals surface area contributed by atoms with Gasteiger partial charge < -0.3 is 14.3 Å². The number of nitroso groups, excluding NO2 is 1. The van der Waals surface area contributed by atoms with E-state index in [0.717, 1.165) is 0 Å². The van der Waals surface area contributed by atoms with Crippen LogP contribution in [0.3, 0.4) is 0 Å². The highest BCUT2D eigenvalue weighted by Crippen LogP contribution is 2.42. The van der Waals surface area contributed by atoms with E-state index in [2.05, 4.69) is 5.18 Å². The van der Waals surface area contributed by atoms with Crippen LogP contribution in [0.4, 0.5) is 5.69 Å². The maximum absolute atomic E-state index is 13.4. The number of benzene rings is 1. The van der Waals surface area contributed by atoms with Gasteiger partial charge in [0, 0.05) is 5.41 Å². The van der Waals surface area contributed by atoms with Gasteiger partial charge in [-0.2, -0.15) is 5.26 Å². The Kier molecular flexibility index (Phi) is 7.28. The third kappa shape index (κ3) is 4.65. The second kappa shape index (κ2) is 9.49. The Morgan fingerprint density at radius 3 is 2.57 bits per heavy atom. The van der Waals surface area contributed by atoms with Gasteiger partial charge in [-0.25, -0.2) is 0 Å². The highest BCUT2D eigenvalue weighted by atomic mass is 16.5. The summed E-state index contributed by atoms with van der Waals surface area (Å²) in [5.41, 5.74) is -0.598. The molecule has 158 valence electrons. The van der Waals surface area contributed by atoms with Gasteiger partial charge in [0.1, 0.15) is 17.9 Å². The number of aldehydes is 1. The summed E-state index contributed by atoms with van der Waals surface area (Å²) < 4.78 is 11.2. The van der Waals surface area contributed by atoms with Crippen molar-refractivity contribution < 1.29 is 19.1 Å². The molecule has 1 aromatic carbocycles. The van der Waals surface area contributed by atoms with E-state index >= 15 is 0 Å². The van der Waals surface area contributed by atoms with Crippen molar-refractivity contribution >= 4 is 17.8 Å². The number of rotatable bonds is 9. The van der Waals surface area contributed by atoms with Gasteiger partial charge in [0.05, 0.1) is 24.8 Å². The van der Waals surface area contributed by atoms with Crippen LogP contribution in [0.15, 0.2) is 47.0 Å². The molecule has 0 aliphatic heterocycles. The van der Waals surface area contributed by atoms with Crippen LogP contribution in [0, 0.1) is 27.6 Å². The monoisotopic (exact) mass is 410 g/mol. The minimum Gasteiger partial charge on any atom is -0.493 e. The van der Waals surface area contributed by atoms with Crippen molar-refractivity contribution in [2.45, 2.75) is 46.1 Å². The summed E-state index contributed by atoms with van der Waals surface area (Å²) in [7, 11) is 1.54. The molecule has 0 fully saturated rings. The third-order valence-electron chi connectivity index (χ3n) is 5.31. The molecule has 0 amide bonds. The molecule has 1 aliphatic rings. The maximum Gasteiger partial charge on any atom is 0.157 e. The van der Waals surface area contributed by atoms with Crippen LogP contribution < -0.4 is 0 Å². The molecule has 0 saturated carbocycles. The number of hydrogen-bond donors (Lipinski definition) is 0. The number of Topliss-reactive ketones (excluding diaryl/α,β-unsaturated/α-hetero) is 1. The summed E-state index contributed by atoms with van der Waals surface area (Å²) in [6, 6.07) is 6.09. The summed E-state index contributed by atoms with van der Waals surface area (Å²) >= 11 is 0. The van der Waals surface area contributed by atoms with E-state index in [1.165, 1.54) is 25.3 Å². The van der Waals surface area contributed by atoms with E-state index in [9.17, 15) is 14.5 Å². The molecule has 0 aromatic heterocycles. The zero-order chi connectivity index (χ0) is 22.5. The minimum atomic E-state index is -1.17. The molecule has 0 heterocycles. The van der Waals surface area contributed by atoms with E-state index in [-0.39, 0.29) is 34.6 Å². The Bertz CT molecular complexity index is 937. The van der Waals surface area contributed by atoms with Crippen LogP contribution in [0.5, 0.6) is 0 Å². The SMILES string of the molecule is COC1=CC(C(C)(C)C(=O)C(C=O)c2ccc(C#N)cc2N=O)CC=C1OC(C)C. The van der Waals surface area contributed by atoms with Gasteiger partial charge in [-0.1, -0.05) is 19.9 Å². The number of nitriles is 1. The van der Waals surface area contributed by atoms with Gasteiger partial charge in [-0.3, -0.25) is 4.79 Å². The van der Waals surface area contributed by atoms with Gasteiger partial charge in [0.15, 0.2) is 17.3 Å². The van der Waals surface area contributed by atoms with Crippen LogP contribution in [0.2, 0.25) is 0 Å². The predicted molar refractivity (Wildman–Crippen MR) is 112 cm³/mol. The van der Waals surface area contributed by atoms with Crippen molar-refractivity contribution in [3.8, 4) is 6.07 Å². The molecule has 0 N–H and O–H groups in total. The van der Waals surface area contributed by atoms with E-state index in [4.69, 9.17) is 14.7 Å². The molecule has 7 heteroatoms. The lowest BCUT2D eigenvalue weighted by atomic mass is 9.68. The molecule has 2 atom stereocenters. The largest absolute Gasteiger partial charge is 0.493 e. The number of methoxy groups -OCH3 is 1. The number of hydrogen-bond acceptors (Lipinski definition) is 7. The average molecular weight is 410 g/mol. The first-order valence-electron chi connectivity index (χ1n) is 9.69. The van der Waals surface area contributed by atoms with Gasteiger partial charge in [-0.05, 0) is 61.2 Å². The second-order valence-corrected chi connectivity index (χ2v) is 7.99. The minimum absolute atomic E-state index is 0.0221. The highest BCUT2D eigenvalue weighted by Gasteiger charge is 2.42. The fraction of sp³-hybridized carbons (Fsp3) is 0.435. The molecule has 1 aliphatic carbocycles. The Labute approximate surface area is 176 Å². The van der Waals surface area contributed by atoms with Crippen molar-refractivity contribution in [2.75, 3.05) is 7.11 Å². The van der Waals surface area contributed by atoms with E-state index in [1.807, 2.05) is 32.1 Å². The first kappa shape index (κ1) is 23.0. The molecule has 0 saturated heterocycles. The number of carbonyl (C=O) groups is 2. The van der Waals surface area contributed by atoms with Crippen LogP contribution in [0.25, 0.3) is 0 Å². The van der Waals surface area contributed by atoms with Crippen LogP contribution in [-0.4, -0.2) is 25.3 Å². The van der Waals surface area contributed by atoms with Gasteiger partial charge in [-0.15, -0.1) is 4.91 Å². The quantitative estimate of drug-likeness (QED) is 0.332. The first-order chi connectivity index (χ1) is 14.2. The number of ether oxygens (including phenoxy) is 2. The Morgan fingerprint density at radius 2 is 2.03 bits per heavy atom. The van der Waals surface area contributed by atoms with Crippen molar-refractivity contribution in [1.82, 2.24) is 0 Å². The molecular weight excluding hydrogens is 384 g/mol. The molecule has 7 nitrogen and oxygen atoms in total. The first-order valence-corrected chi connectivity index (χ1v) is 9.69. The fourth-order valence-electron chi connectivity index (χ4n) is 3.51. The summed E-state index contributed by atoms with van der Waals surface area (Å²) in [6.07, 6.45) is 4.76.